The molecule has 1 fully saturated rings. The second kappa shape index (κ2) is 7.69. The van der Waals surface area contributed by atoms with E-state index in [1.54, 1.807) is 12.1 Å². The third-order valence-corrected chi connectivity index (χ3v) is 4.54. The Bertz CT molecular complexity index is 496. The fourth-order valence-corrected chi connectivity index (χ4v) is 3.17. The fourth-order valence-electron chi connectivity index (χ4n) is 2.88. The van der Waals surface area contributed by atoms with Crippen molar-refractivity contribution < 1.29 is 9.59 Å². The molecule has 1 heterocycles. The van der Waals surface area contributed by atoms with Crippen LogP contribution in [0, 0.1) is 0 Å². The minimum absolute atomic E-state index is 0.0229. The number of aromatic nitrogens is 1. The van der Waals surface area contributed by atoms with Gasteiger partial charge in [-0.2, -0.15) is 0 Å². The molecule has 0 N–H and O–H groups in total. The van der Waals surface area contributed by atoms with Gasteiger partial charge in [0.05, 0.1) is 10.9 Å². The smallest absolute Gasteiger partial charge is 0.255 e. The highest BCUT2D eigenvalue weighted by Gasteiger charge is 2.25. The standard InChI is InChI=1S/C16H21BrN2O2/c1-2-19(13-6-4-3-5-7-13)16(21)12-8-9-14(18-11-12)15(20)10-17/h8-9,11,13H,2-7,10H2,1H3. The predicted molar refractivity (Wildman–Crippen MR) is 85.9 cm³/mol. The average Bonchev–Trinajstić information content (AvgIpc) is 2.56. The van der Waals surface area contributed by atoms with E-state index in [0.717, 1.165) is 12.8 Å². The highest BCUT2D eigenvalue weighted by molar-refractivity contribution is 9.09. The van der Waals surface area contributed by atoms with Gasteiger partial charge in [-0.3, -0.25) is 14.6 Å². The van der Waals surface area contributed by atoms with Crippen molar-refractivity contribution in [1.29, 1.82) is 0 Å². The lowest BCUT2D eigenvalue weighted by atomic mass is 9.94. The molecule has 0 aliphatic heterocycles. The molecule has 4 nitrogen and oxygen atoms in total. The number of carbonyl (C=O) groups excluding carboxylic acids is 2. The van der Waals surface area contributed by atoms with Gasteiger partial charge in [0, 0.05) is 18.8 Å². The molecular weight excluding hydrogens is 332 g/mol. The quantitative estimate of drug-likeness (QED) is 0.602. The van der Waals surface area contributed by atoms with Crippen LogP contribution in [0.5, 0.6) is 0 Å². The topological polar surface area (TPSA) is 50.3 Å². The van der Waals surface area contributed by atoms with Crippen LogP contribution >= 0.6 is 15.9 Å². The molecule has 0 bridgehead atoms. The number of nitrogens with zero attached hydrogens (tertiary/aromatic N) is 2. The summed E-state index contributed by atoms with van der Waals surface area (Å²) >= 11 is 3.12. The Balaban J connectivity index is 2.11. The van der Waals surface area contributed by atoms with Gasteiger partial charge >= 0.3 is 0 Å². The number of amides is 1. The molecular formula is C16H21BrN2O2. The molecule has 2 rings (SSSR count). The van der Waals surface area contributed by atoms with E-state index in [4.69, 9.17) is 0 Å². The van der Waals surface area contributed by atoms with E-state index >= 15 is 0 Å². The summed E-state index contributed by atoms with van der Waals surface area (Å²) in [6.07, 6.45) is 7.37. The van der Waals surface area contributed by atoms with Crippen LogP contribution in [0.4, 0.5) is 0 Å². The Labute approximate surface area is 134 Å². The maximum absolute atomic E-state index is 12.6. The molecule has 0 radical (unpaired) electrons. The monoisotopic (exact) mass is 352 g/mol. The summed E-state index contributed by atoms with van der Waals surface area (Å²) in [5.74, 6) is -0.0524. The maximum atomic E-state index is 12.6. The first-order valence-corrected chi connectivity index (χ1v) is 8.65. The number of ketones is 1. The maximum Gasteiger partial charge on any atom is 0.255 e. The van der Waals surface area contributed by atoms with Crippen molar-refractivity contribution in [2.45, 2.75) is 45.1 Å². The van der Waals surface area contributed by atoms with E-state index in [9.17, 15) is 9.59 Å². The summed E-state index contributed by atoms with van der Waals surface area (Å²) in [7, 11) is 0. The molecule has 0 spiro atoms. The predicted octanol–water partition coefficient (Wildman–Crippen LogP) is 3.45. The molecule has 0 aromatic carbocycles. The van der Waals surface area contributed by atoms with E-state index < -0.39 is 0 Å². The number of hydrogen-bond donors (Lipinski definition) is 0. The van der Waals surface area contributed by atoms with Crippen molar-refractivity contribution in [1.82, 2.24) is 9.88 Å². The normalized spacial score (nSPS) is 15.7. The number of alkyl halides is 1. The van der Waals surface area contributed by atoms with Crippen LogP contribution < -0.4 is 0 Å². The van der Waals surface area contributed by atoms with Gasteiger partial charge in [0.2, 0.25) is 0 Å². The number of carbonyl (C=O) groups is 2. The highest BCUT2D eigenvalue weighted by atomic mass is 79.9. The van der Waals surface area contributed by atoms with Gasteiger partial charge in [-0.25, -0.2) is 0 Å². The van der Waals surface area contributed by atoms with E-state index in [1.807, 2.05) is 11.8 Å². The molecule has 0 unspecified atom stereocenters. The number of hydrogen-bond acceptors (Lipinski definition) is 3. The zero-order valence-corrected chi connectivity index (χ0v) is 13.9. The third kappa shape index (κ3) is 3.90. The van der Waals surface area contributed by atoms with E-state index in [-0.39, 0.29) is 17.0 Å². The Hall–Kier alpha value is -1.23. The van der Waals surface area contributed by atoms with Gasteiger partial charge in [-0.15, -0.1) is 0 Å². The van der Waals surface area contributed by atoms with Gasteiger partial charge in [0.1, 0.15) is 5.69 Å². The van der Waals surface area contributed by atoms with E-state index in [2.05, 4.69) is 20.9 Å². The zero-order valence-electron chi connectivity index (χ0n) is 12.3. The van der Waals surface area contributed by atoms with Crippen molar-refractivity contribution in [3.8, 4) is 0 Å². The number of halogens is 1. The van der Waals surface area contributed by atoms with Crippen LogP contribution in [-0.4, -0.2) is 39.5 Å². The molecule has 1 saturated carbocycles. The number of rotatable bonds is 5. The van der Waals surface area contributed by atoms with Crippen LogP contribution in [0.3, 0.4) is 0 Å². The van der Waals surface area contributed by atoms with Gasteiger partial charge in [0.25, 0.3) is 5.91 Å². The number of pyridine rings is 1. The van der Waals surface area contributed by atoms with Crippen molar-refractivity contribution in [3.63, 3.8) is 0 Å². The first kappa shape index (κ1) is 16.1. The summed E-state index contributed by atoms with van der Waals surface area (Å²) < 4.78 is 0. The Morgan fingerprint density at radius 2 is 2.00 bits per heavy atom. The largest absolute Gasteiger partial charge is 0.336 e. The molecule has 0 saturated heterocycles. The summed E-state index contributed by atoms with van der Waals surface area (Å²) in [5.41, 5.74) is 0.956. The summed E-state index contributed by atoms with van der Waals surface area (Å²) in [4.78, 5) is 30.2. The lowest BCUT2D eigenvalue weighted by Gasteiger charge is -2.33. The molecule has 1 aliphatic carbocycles. The molecule has 0 atom stereocenters. The van der Waals surface area contributed by atoms with Gasteiger partial charge in [-0.05, 0) is 31.9 Å². The third-order valence-electron chi connectivity index (χ3n) is 4.03. The van der Waals surface area contributed by atoms with Crippen LogP contribution in [0.15, 0.2) is 18.3 Å². The minimum Gasteiger partial charge on any atom is -0.336 e. The first-order valence-electron chi connectivity index (χ1n) is 7.53. The second-order valence-electron chi connectivity index (χ2n) is 5.37. The Morgan fingerprint density at radius 1 is 1.29 bits per heavy atom. The number of Topliss-reactive ketones (excluding diaryl/α,β-unsaturated/α-hetero) is 1. The SMILES string of the molecule is CCN(C(=O)c1ccc(C(=O)CBr)nc1)C1CCCCC1. The second-order valence-corrected chi connectivity index (χ2v) is 5.93. The van der Waals surface area contributed by atoms with Crippen molar-refractivity contribution in [3.05, 3.63) is 29.6 Å². The Kier molecular flexibility index (Phi) is 5.91. The Morgan fingerprint density at radius 3 is 2.52 bits per heavy atom. The minimum atomic E-state index is -0.0753. The molecule has 21 heavy (non-hydrogen) atoms. The first-order chi connectivity index (χ1) is 10.2. The van der Waals surface area contributed by atoms with Gasteiger partial charge in [-0.1, -0.05) is 35.2 Å². The van der Waals surface area contributed by atoms with E-state index in [1.165, 1.54) is 25.5 Å². The zero-order chi connectivity index (χ0) is 15.2. The van der Waals surface area contributed by atoms with Crippen LogP contribution in [0.1, 0.15) is 59.9 Å². The van der Waals surface area contributed by atoms with Crippen LogP contribution in [-0.2, 0) is 0 Å². The lowest BCUT2D eigenvalue weighted by Crippen LogP contribution is -2.41. The lowest BCUT2D eigenvalue weighted by molar-refractivity contribution is 0.0647. The van der Waals surface area contributed by atoms with E-state index in [0.29, 0.717) is 23.8 Å². The molecule has 1 amide bonds. The highest BCUT2D eigenvalue weighted by Crippen LogP contribution is 2.23. The van der Waals surface area contributed by atoms with Crippen molar-refractivity contribution in [2.75, 3.05) is 11.9 Å². The van der Waals surface area contributed by atoms with Crippen molar-refractivity contribution in [2.24, 2.45) is 0 Å². The summed E-state index contributed by atoms with van der Waals surface area (Å²) in [5, 5.41) is 0.246. The molecule has 5 heteroatoms. The van der Waals surface area contributed by atoms with Gasteiger partial charge in [0.15, 0.2) is 5.78 Å². The molecule has 1 aromatic rings. The van der Waals surface area contributed by atoms with Crippen LogP contribution in [0.2, 0.25) is 0 Å². The molecule has 1 aromatic heterocycles. The van der Waals surface area contributed by atoms with Crippen molar-refractivity contribution >= 4 is 27.6 Å². The molecule has 114 valence electrons. The summed E-state index contributed by atoms with van der Waals surface area (Å²) in [6, 6.07) is 3.68. The average molecular weight is 353 g/mol. The fraction of sp³-hybridized carbons (Fsp3) is 0.562. The molecule has 1 aliphatic rings. The van der Waals surface area contributed by atoms with Crippen LogP contribution in [0.25, 0.3) is 0 Å². The van der Waals surface area contributed by atoms with Gasteiger partial charge < -0.3 is 4.90 Å². The summed E-state index contributed by atoms with van der Waals surface area (Å²) in [6.45, 7) is 2.73.